The number of aromatic nitrogens is 2. The fraction of sp³-hybridized carbons (Fsp3) is 0.500. The van der Waals surface area contributed by atoms with Crippen LogP contribution in [0.15, 0.2) is 11.3 Å². The van der Waals surface area contributed by atoms with E-state index in [-0.39, 0.29) is 0 Å². The van der Waals surface area contributed by atoms with Gasteiger partial charge >= 0.3 is 0 Å². The summed E-state index contributed by atoms with van der Waals surface area (Å²) < 4.78 is 5.31. The largest absolute Gasteiger partial charge is 0.378 e. The lowest BCUT2D eigenvalue weighted by molar-refractivity contribution is 0.0675. The van der Waals surface area contributed by atoms with Gasteiger partial charge in [-0.25, -0.2) is 15.0 Å². The van der Waals surface area contributed by atoms with Crippen LogP contribution in [0.1, 0.15) is 5.56 Å². The van der Waals surface area contributed by atoms with Crippen LogP contribution >= 0.6 is 11.6 Å². The molecule has 0 unspecified atom stereocenters. The van der Waals surface area contributed by atoms with Crippen molar-refractivity contribution in [2.75, 3.05) is 26.3 Å². The van der Waals surface area contributed by atoms with Crippen LogP contribution < -0.4 is 0 Å². The quantitative estimate of drug-likeness (QED) is 0.634. The molecule has 0 spiro atoms. The van der Waals surface area contributed by atoms with Crippen molar-refractivity contribution in [3.63, 3.8) is 0 Å². The standard InChI is InChI=1S/C10H11ClN4O/c11-9-7-5-8(14-10(7)13-6-12-9)15-1-3-16-4-2-15/h6H,1-5H2. The Morgan fingerprint density at radius 1 is 1.25 bits per heavy atom. The third kappa shape index (κ3) is 1.66. The third-order valence-electron chi connectivity index (χ3n) is 2.82. The first kappa shape index (κ1) is 9.99. The maximum absolute atomic E-state index is 6.01. The molecule has 0 radical (unpaired) electrons. The van der Waals surface area contributed by atoms with E-state index in [4.69, 9.17) is 16.3 Å². The zero-order chi connectivity index (χ0) is 11.0. The molecule has 1 aromatic rings. The summed E-state index contributed by atoms with van der Waals surface area (Å²) in [6, 6.07) is 0. The van der Waals surface area contributed by atoms with Gasteiger partial charge in [-0.1, -0.05) is 11.6 Å². The number of nitrogens with zero attached hydrogens (tertiary/aromatic N) is 4. The number of morpholine rings is 1. The van der Waals surface area contributed by atoms with Gasteiger partial charge in [0.1, 0.15) is 17.3 Å². The number of halogens is 1. The molecule has 1 fully saturated rings. The summed E-state index contributed by atoms with van der Waals surface area (Å²) in [4.78, 5) is 14.8. The number of hydrogen-bond donors (Lipinski definition) is 0. The second kappa shape index (κ2) is 3.99. The Hall–Kier alpha value is -1.20. The molecule has 2 aliphatic heterocycles. The zero-order valence-electron chi connectivity index (χ0n) is 8.69. The summed E-state index contributed by atoms with van der Waals surface area (Å²) in [6.45, 7) is 3.29. The Kier molecular flexibility index (Phi) is 2.49. The van der Waals surface area contributed by atoms with Gasteiger partial charge in [-0.3, -0.25) is 0 Å². The van der Waals surface area contributed by atoms with E-state index in [1.807, 2.05) is 0 Å². The molecule has 84 valence electrons. The summed E-state index contributed by atoms with van der Waals surface area (Å²) >= 11 is 6.01. The highest BCUT2D eigenvalue weighted by Crippen LogP contribution is 2.29. The monoisotopic (exact) mass is 238 g/mol. The number of rotatable bonds is 0. The lowest BCUT2D eigenvalue weighted by Gasteiger charge is -2.28. The molecule has 0 aromatic carbocycles. The lowest BCUT2D eigenvalue weighted by Crippen LogP contribution is -2.40. The highest BCUT2D eigenvalue weighted by atomic mass is 35.5. The van der Waals surface area contributed by atoms with Crippen molar-refractivity contribution in [1.29, 1.82) is 0 Å². The highest BCUT2D eigenvalue weighted by Gasteiger charge is 2.24. The van der Waals surface area contributed by atoms with Crippen LogP contribution in [0.4, 0.5) is 5.82 Å². The molecule has 3 rings (SSSR count). The summed E-state index contributed by atoms with van der Waals surface area (Å²) in [7, 11) is 0. The van der Waals surface area contributed by atoms with Crippen molar-refractivity contribution in [3.8, 4) is 0 Å². The maximum Gasteiger partial charge on any atom is 0.162 e. The summed E-state index contributed by atoms with van der Waals surface area (Å²) in [5.41, 5.74) is 0.936. The Morgan fingerprint density at radius 2 is 2.06 bits per heavy atom. The van der Waals surface area contributed by atoms with Crippen LogP contribution in [0.25, 0.3) is 0 Å². The van der Waals surface area contributed by atoms with Crippen LogP contribution in [0.3, 0.4) is 0 Å². The van der Waals surface area contributed by atoms with Gasteiger partial charge in [0.2, 0.25) is 0 Å². The van der Waals surface area contributed by atoms with Gasteiger partial charge < -0.3 is 9.64 Å². The van der Waals surface area contributed by atoms with E-state index in [9.17, 15) is 0 Å². The fourth-order valence-electron chi connectivity index (χ4n) is 1.95. The Balaban J connectivity index is 1.84. The van der Waals surface area contributed by atoms with Crippen molar-refractivity contribution >= 4 is 23.3 Å². The molecule has 16 heavy (non-hydrogen) atoms. The molecule has 0 aliphatic carbocycles. The van der Waals surface area contributed by atoms with Gasteiger partial charge in [0.05, 0.1) is 13.2 Å². The van der Waals surface area contributed by atoms with E-state index < -0.39 is 0 Å². The third-order valence-corrected chi connectivity index (χ3v) is 3.14. The minimum absolute atomic E-state index is 0.511. The fourth-order valence-corrected chi connectivity index (χ4v) is 2.15. The van der Waals surface area contributed by atoms with Crippen LogP contribution in [0.2, 0.25) is 5.15 Å². The van der Waals surface area contributed by atoms with E-state index in [0.717, 1.165) is 44.1 Å². The molecule has 2 aliphatic rings. The number of aliphatic imine (C=N–C) groups is 1. The Labute approximate surface area is 98.1 Å². The van der Waals surface area contributed by atoms with Crippen molar-refractivity contribution in [1.82, 2.24) is 14.9 Å². The van der Waals surface area contributed by atoms with Gasteiger partial charge in [-0.05, 0) is 0 Å². The molecule has 5 nitrogen and oxygen atoms in total. The predicted octanol–water partition coefficient (Wildman–Crippen LogP) is 1.05. The topological polar surface area (TPSA) is 50.6 Å². The summed E-state index contributed by atoms with van der Waals surface area (Å²) in [5.74, 6) is 1.74. The molecular formula is C10H11ClN4O. The maximum atomic E-state index is 6.01. The van der Waals surface area contributed by atoms with Gasteiger partial charge in [0.25, 0.3) is 0 Å². The SMILES string of the molecule is Clc1ncnc2c1CC(N1CCOCC1)=N2. The second-order valence-corrected chi connectivity index (χ2v) is 4.13. The number of fused-ring (bicyclic) bond motifs is 1. The number of ether oxygens (including phenoxy) is 1. The molecule has 0 amide bonds. The lowest BCUT2D eigenvalue weighted by atomic mass is 10.2. The van der Waals surface area contributed by atoms with Gasteiger partial charge in [0.15, 0.2) is 5.82 Å². The zero-order valence-corrected chi connectivity index (χ0v) is 9.44. The Morgan fingerprint density at radius 3 is 2.81 bits per heavy atom. The van der Waals surface area contributed by atoms with Crippen LogP contribution in [-0.2, 0) is 11.2 Å². The summed E-state index contributed by atoms with van der Waals surface area (Å²) in [6.07, 6.45) is 2.18. The van der Waals surface area contributed by atoms with Gasteiger partial charge in [-0.15, -0.1) is 0 Å². The van der Waals surface area contributed by atoms with Crippen molar-refractivity contribution in [2.45, 2.75) is 6.42 Å². The molecule has 6 heteroatoms. The van der Waals surface area contributed by atoms with E-state index >= 15 is 0 Å². The average molecular weight is 239 g/mol. The molecule has 0 N–H and O–H groups in total. The number of hydrogen-bond acceptors (Lipinski definition) is 5. The van der Waals surface area contributed by atoms with Crippen LogP contribution in [0, 0.1) is 0 Å². The summed E-state index contributed by atoms with van der Waals surface area (Å²) in [5, 5.41) is 0.511. The van der Waals surface area contributed by atoms with E-state index in [1.165, 1.54) is 6.33 Å². The van der Waals surface area contributed by atoms with Crippen molar-refractivity contribution < 1.29 is 4.74 Å². The molecule has 0 atom stereocenters. The molecule has 1 saturated heterocycles. The van der Waals surface area contributed by atoms with Crippen LogP contribution in [0.5, 0.6) is 0 Å². The first-order valence-corrected chi connectivity index (χ1v) is 5.62. The van der Waals surface area contributed by atoms with Crippen molar-refractivity contribution in [2.24, 2.45) is 4.99 Å². The minimum atomic E-state index is 0.511. The molecule has 0 bridgehead atoms. The van der Waals surface area contributed by atoms with E-state index in [1.54, 1.807) is 0 Å². The number of amidine groups is 1. The van der Waals surface area contributed by atoms with Gasteiger partial charge in [-0.2, -0.15) is 0 Å². The second-order valence-electron chi connectivity index (χ2n) is 3.77. The Bertz CT molecular complexity index is 442. The van der Waals surface area contributed by atoms with Crippen molar-refractivity contribution in [3.05, 3.63) is 17.0 Å². The highest BCUT2D eigenvalue weighted by molar-refractivity contribution is 6.30. The normalized spacial score (nSPS) is 19.6. The van der Waals surface area contributed by atoms with Gasteiger partial charge in [0, 0.05) is 25.1 Å². The molecule has 0 saturated carbocycles. The molecular weight excluding hydrogens is 228 g/mol. The minimum Gasteiger partial charge on any atom is -0.378 e. The first-order valence-electron chi connectivity index (χ1n) is 5.24. The van der Waals surface area contributed by atoms with Crippen LogP contribution in [-0.4, -0.2) is 47.0 Å². The molecule has 1 aromatic heterocycles. The average Bonchev–Trinajstić information content (AvgIpc) is 2.76. The first-order chi connectivity index (χ1) is 7.84. The molecule has 3 heterocycles. The predicted molar refractivity (Wildman–Crippen MR) is 60.2 cm³/mol. The van der Waals surface area contributed by atoms with E-state index in [2.05, 4.69) is 19.9 Å². The smallest absolute Gasteiger partial charge is 0.162 e. The van der Waals surface area contributed by atoms with E-state index in [0.29, 0.717) is 11.0 Å².